The van der Waals surface area contributed by atoms with Crippen molar-refractivity contribution < 1.29 is 9.47 Å². The first-order valence-corrected chi connectivity index (χ1v) is 5.54. The molecular formula is C13H15N3O2. The Hall–Kier alpha value is -1.98. The standard InChI is InChI=1S/C13H15N3O2/c1-17-12(18-2)11-8-9-14-13(16-11)15-10-6-4-3-5-7-10/h3-9,12H,1-2H3,(H,14,15,16). The smallest absolute Gasteiger partial charge is 0.227 e. The molecule has 1 N–H and O–H groups in total. The van der Waals surface area contributed by atoms with E-state index in [2.05, 4.69) is 15.3 Å². The maximum Gasteiger partial charge on any atom is 0.227 e. The number of aromatic nitrogens is 2. The molecule has 2 aromatic rings. The summed E-state index contributed by atoms with van der Waals surface area (Å²) in [6.07, 6.45) is 1.18. The lowest BCUT2D eigenvalue weighted by atomic mass is 10.3. The summed E-state index contributed by atoms with van der Waals surface area (Å²) in [5.41, 5.74) is 1.61. The topological polar surface area (TPSA) is 56.3 Å². The molecule has 5 heteroatoms. The molecule has 0 aliphatic rings. The second kappa shape index (κ2) is 6.09. The van der Waals surface area contributed by atoms with Crippen molar-refractivity contribution in [3.63, 3.8) is 0 Å². The van der Waals surface area contributed by atoms with Gasteiger partial charge in [-0.1, -0.05) is 18.2 Å². The average Bonchev–Trinajstić information content (AvgIpc) is 2.42. The summed E-state index contributed by atoms with van der Waals surface area (Å²) in [7, 11) is 3.14. The Kier molecular flexibility index (Phi) is 4.22. The zero-order valence-corrected chi connectivity index (χ0v) is 10.3. The highest BCUT2D eigenvalue weighted by atomic mass is 16.7. The third-order valence-corrected chi connectivity index (χ3v) is 2.38. The number of para-hydroxylation sites is 1. The van der Waals surface area contributed by atoms with Crippen molar-refractivity contribution in [1.82, 2.24) is 9.97 Å². The fourth-order valence-electron chi connectivity index (χ4n) is 1.55. The molecule has 18 heavy (non-hydrogen) atoms. The van der Waals surface area contributed by atoms with E-state index in [4.69, 9.17) is 9.47 Å². The molecule has 0 fully saturated rings. The molecule has 94 valence electrons. The van der Waals surface area contributed by atoms with Gasteiger partial charge in [-0.05, 0) is 18.2 Å². The molecule has 0 spiro atoms. The molecule has 1 aromatic heterocycles. The molecule has 0 aliphatic heterocycles. The first-order chi connectivity index (χ1) is 8.83. The molecule has 0 bridgehead atoms. The van der Waals surface area contributed by atoms with Crippen molar-refractivity contribution >= 4 is 11.6 Å². The number of anilines is 2. The first kappa shape index (κ1) is 12.5. The van der Waals surface area contributed by atoms with E-state index in [0.29, 0.717) is 11.6 Å². The van der Waals surface area contributed by atoms with Crippen LogP contribution >= 0.6 is 0 Å². The van der Waals surface area contributed by atoms with Gasteiger partial charge in [-0.15, -0.1) is 0 Å². The van der Waals surface area contributed by atoms with E-state index in [0.717, 1.165) is 5.69 Å². The van der Waals surface area contributed by atoms with E-state index in [-0.39, 0.29) is 0 Å². The number of rotatable bonds is 5. The van der Waals surface area contributed by atoms with E-state index in [1.165, 1.54) is 0 Å². The van der Waals surface area contributed by atoms with Crippen LogP contribution in [0.2, 0.25) is 0 Å². The molecule has 1 aromatic carbocycles. The Balaban J connectivity index is 2.17. The number of benzene rings is 1. The Morgan fingerprint density at radius 2 is 1.78 bits per heavy atom. The fraction of sp³-hybridized carbons (Fsp3) is 0.231. The zero-order valence-electron chi connectivity index (χ0n) is 10.3. The largest absolute Gasteiger partial charge is 0.350 e. The van der Waals surface area contributed by atoms with Crippen LogP contribution in [0.4, 0.5) is 11.6 Å². The molecule has 0 saturated heterocycles. The lowest BCUT2D eigenvalue weighted by Crippen LogP contribution is -2.08. The van der Waals surface area contributed by atoms with Crippen LogP contribution in [0.25, 0.3) is 0 Å². The Morgan fingerprint density at radius 1 is 1.06 bits per heavy atom. The van der Waals surface area contributed by atoms with Crippen LogP contribution in [0.15, 0.2) is 42.6 Å². The van der Waals surface area contributed by atoms with Gasteiger partial charge in [0.05, 0.1) is 0 Å². The van der Waals surface area contributed by atoms with Crippen molar-refractivity contribution in [2.45, 2.75) is 6.29 Å². The fourth-order valence-corrected chi connectivity index (χ4v) is 1.55. The summed E-state index contributed by atoms with van der Waals surface area (Å²) in [6, 6.07) is 11.5. The number of ether oxygens (including phenoxy) is 2. The molecule has 0 aliphatic carbocycles. The predicted molar refractivity (Wildman–Crippen MR) is 68.5 cm³/mol. The maximum absolute atomic E-state index is 5.15. The SMILES string of the molecule is COC(OC)c1ccnc(Nc2ccccc2)n1. The highest BCUT2D eigenvalue weighted by Crippen LogP contribution is 2.17. The van der Waals surface area contributed by atoms with Gasteiger partial charge in [0, 0.05) is 26.1 Å². The zero-order chi connectivity index (χ0) is 12.8. The minimum absolute atomic E-state index is 0.482. The van der Waals surface area contributed by atoms with Gasteiger partial charge in [0.15, 0.2) is 0 Å². The van der Waals surface area contributed by atoms with Crippen LogP contribution in [0, 0.1) is 0 Å². The van der Waals surface area contributed by atoms with Gasteiger partial charge >= 0.3 is 0 Å². The molecule has 0 saturated carbocycles. The van der Waals surface area contributed by atoms with Crippen LogP contribution in [-0.4, -0.2) is 24.2 Å². The monoisotopic (exact) mass is 245 g/mol. The van der Waals surface area contributed by atoms with Gasteiger partial charge in [-0.2, -0.15) is 0 Å². The molecule has 0 amide bonds. The normalized spacial score (nSPS) is 10.6. The summed E-state index contributed by atoms with van der Waals surface area (Å²) in [4.78, 5) is 8.49. The molecule has 0 atom stereocenters. The highest BCUT2D eigenvalue weighted by Gasteiger charge is 2.11. The van der Waals surface area contributed by atoms with E-state index in [1.54, 1.807) is 26.5 Å². The third kappa shape index (κ3) is 3.03. The number of hydrogen-bond acceptors (Lipinski definition) is 5. The summed E-state index contributed by atoms with van der Waals surface area (Å²) >= 11 is 0. The summed E-state index contributed by atoms with van der Waals surface area (Å²) in [5.74, 6) is 0.512. The van der Waals surface area contributed by atoms with Crippen molar-refractivity contribution in [3.8, 4) is 0 Å². The van der Waals surface area contributed by atoms with Gasteiger partial charge in [0.1, 0.15) is 5.69 Å². The summed E-state index contributed by atoms with van der Waals surface area (Å²) in [6.45, 7) is 0. The van der Waals surface area contributed by atoms with Crippen molar-refractivity contribution in [2.75, 3.05) is 19.5 Å². The second-order valence-electron chi connectivity index (χ2n) is 3.60. The van der Waals surface area contributed by atoms with Crippen molar-refractivity contribution in [3.05, 3.63) is 48.3 Å². The minimum atomic E-state index is -0.482. The van der Waals surface area contributed by atoms with Crippen LogP contribution in [0.1, 0.15) is 12.0 Å². The highest BCUT2D eigenvalue weighted by molar-refractivity contribution is 5.52. The molecule has 0 radical (unpaired) electrons. The van der Waals surface area contributed by atoms with Crippen LogP contribution in [0.5, 0.6) is 0 Å². The van der Waals surface area contributed by atoms with Crippen LogP contribution in [-0.2, 0) is 9.47 Å². The average molecular weight is 245 g/mol. The maximum atomic E-state index is 5.15. The molecular weight excluding hydrogens is 230 g/mol. The Bertz CT molecular complexity index is 487. The molecule has 1 heterocycles. The Labute approximate surface area is 106 Å². The van der Waals surface area contributed by atoms with Crippen molar-refractivity contribution in [1.29, 1.82) is 0 Å². The number of hydrogen-bond donors (Lipinski definition) is 1. The molecule has 2 rings (SSSR count). The first-order valence-electron chi connectivity index (χ1n) is 5.54. The minimum Gasteiger partial charge on any atom is -0.350 e. The summed E-state index contributed by atoms with van der Waals surface area (Å²) in [5, 5.41) is 3.11. The molecule has 5 nitrogen and oxygen atoms in total. The van der Waals surface area contributed by atoms with Crippen LogP contribution in [0.3, 0.4) is 0 Å². The van der Waals surface area contributed by atoms with Gasteiger partial charge in [-0.25, -0.2) is 9.97 Å². The van der Waals surface area contributed by atoms with Gasteiger partial charge in [0.25, 0.3) is 0 Å². The summed E-state index contributed by atoms with van der Waals surface area (Å²) < 4.78 is 10.3. The van der Waals surface area contributed by atoms with Crippen molar-refractivity contribution in [2.24, 2.45) is 0 Å². The van der Waals surface area contributed by atoms with Gasteiger partial charge < -0.3 is 14.8 Å². The second-order valence-corrected chi connectivity index (χ2v) is 3.60. The number of nitrogens with zero attached hydrogens (tertiary/aromatic N) is 2. The van der Waals surface area contributed by atoms with Gasteiger partial charge in [-0.3, -0.25) is 0 Å². The lowest BCUT2D eigenvalue weighted by molar-refractivity contribution is -0.108. The number of nitrogens with one attached hydrogen (secondary N) is 1. The predicted octanol–water partition coefficient (Wildman–Crippen LogP) is 2.51. The van der Waals surface area contributed by atoms with Gasteiger partial charge in [0.2, 0.25) is 12.2 Å². The third-order valence-electron chi connectivity index (χ3n) is 2.38. The van der Waals surface area contributed by atoms with E-state index >= 15 is 0 Å². The quantitative estimate of drug-likeness (QED) is 0.820. The van der Waals surface area contributed by atoms with E-state index in [1.807, 2.05) is 30.3 Å². The van der Waals surface area contributed by atoms with E-state index in [9.17, 15) is 0 Å². The Morgan fingerprint density at radius 3 is 2.44 bits per heavy atom. The lowest BCUT2D eigenvalue weighted by Gasteiger charge is -2.13. The van der Waals surface area contributed by atoms with Crippen LogP contribution < -0.4 is 5.32 Å². The molecule has 0 unspecified atom stereocenters. The number of methoxy groups -OCH3 is 2. The van der Waals surface area contributed by atoms with E-state index < -0.39 is 6.29 Å².